The Morgan fingerprint density at radius 2 is 2.05 bits per heavy atom. The van der Waals surface area contributed by atoms with Gasteiger partial charge in [0.25, 0.3) is 5.91 Å². The highest BCUT2D eigenvalue weighted by Crippen LogP contribution is 2.38. The van der Waals surface area contributed by atoms with Crippen molar-refractivity contribution in [3.63, 3.8) is 0 Å². The van der Waals surface area contributed by atoms with Gasteiger partial charge in [0.15, 0.2) is 11.3 Å². The molecule has 114 valence electrons. The number of nitro groups is 1. The van der Waals surface area contributed by atoms with Gasteiger partial charge in [-0.05, 0) is 18.9 Å². The lowest BCUT2D eigenvalue weighted by Gasteiger charge is -2.07. The molecule has 1 amide bonds. The third-order valence-electron chi connectivity index (χ3n) is 3.03. The van der Waals surface area contributed by atoms with Crippen LogP contribution in [0.3, 0.4) is 0 Å². The summed E-state index contributed by atoms with van der Waals surface area (Å²) in [5, 5.41) is 51.1. The van der Waals surface area contributed by atoms with Crippen LogP contribution < -0.4 is 5.32 Å². The Labute approximate surface area is 123 Å². The molecule has 2 rings (SSSR count). The molecule has 22 heavy (non-hydrogen) atoms. The topological polar surface area (TPSA) is 157 Å². The van der Waals surface area contributed by atoms with Crippen LogP contribution in [0, 0.1) is 21.4 Å². The van der Waals surface area contributed by atoms with Crippen LogP contribution >= 0.6 is 0 Å². The quantitative estimate of drug-likeness (QED) is 0.162. The fourth-order valence-corrected chi connectivity index (χ4v) is 1.72. The number of nitro benzene ring substituents is 1. The van der Waals surface area contributed by atoms with Gasteiger partial charge in [0.2, 0.25) is 5.75 Å². The van der Waals surface area contributed by atoms with Crippen LogP contribution in [0.2, 0.25) is 0 Å². The van der Waals surface area contributed by atoms with Crippen LogP contribution in [-0.2, 0) is 4.79 Å². The van der Waals surface area contributed by atoms with Crippen LogP contribution in [0.1, 0.15) is 18.4 Å². The van der Waals surface area contributed by atoms with Crippen molar-refractivity contribution in [3.8, 4) is 17.6 Å². The number of amides is 1. The molecule has 0 bridgehead atoms. The predicted molar refractivity (Wildman–Crippen MR) is 72.8 cm³/mol. The van der Waals surface area contributed by atoms with Crippen molar-refractivity contribution < 1.29 is 25.0 Å². The molecular weight excluding hydrogens is 294 g/mol. The Morgan fingerprint density at radius 1 is 1.41 bits per heavy atom. The van der Waals surface area contributed by atoms with Gasteiger partial charge in [0.05, 0.1) is 4.92 Å². The number of phenolic OH excluding ortho intramolecular Hbond substituents is 2. The second-order valence-corrected chi connectivity index (χ2v) is 4.70. The number of aliphatic hydroxyl groups is 1. The molecule has 0 aromatic heterocycles. The van der Waals surface area contributed by atoms with E-state index in [4.69, 9.17) is 5.26 Å². The number of nitrogens with one attached hydrogen (secondary N) is 1. The molecule has 0 spiro atoms. The van der Waals surface area contributed by atoms with Gasteiger partial charge in [-0.3, -0.25) is 14.9 Å². The van der Waals surface area contributed by atoms with Gasteiger partial charge in [-0.15, -0.1) is 0 Å². The average molecular weight is 305 g/mol. The molecule has 0 aliphatic heterocycles. The minimum atomic E-state index is -0.970. The normalized spacial score (nSPS) is 14.7. The van der Waals surface area contributed by atoms with Crippen LogP contribution in [0.5, 0.6) is 11.5 Å². The van der Waals surface area contributed by atoms with Gasteiger partial charge in [-0.1, -0.05) is 0 Å². The Bertz CT molecular complexity index is 730. The molecule has 1 aliphatic carbocycles. The minimum Gasteiger partial charge on any atom is -0.506 e. The molecule has 1 aliphatic rings. The maximum Gasteiger partial charge on any atom is 0.315 e. The van der Waals surface area contributed by atoms with Gasteiger partial charge >= 0.3 is 5.69 Å². The third-order valence-corrected chi connectivity index (χ3v) is 3.03. The van der Waals surface area contributed by atoms with Crippen molar-refractivity contribution >= 4 is 17.4 Å². The Morgan fingerprint density at radius 3 is 2.55 bits per heavy atom. The second kappa shape index (κ2) is 5.61. The van der Waals surface area contributed by atoms with Crippen LogP contribution in [0.25, 0.3) is 5.76 Å². The third kappa shape index (κ3) is 2.90. The number of hydrogen-bond acceptors (Lipinski definition) is 7. The molecular formula is C13H11N3O6. The number of phenols is 2. The SMILES string of the molecule is N#C/C(C(=O)NC1CC1)=C(/O)c1cc(O)c(O)c([N+](=O)[O-])c1. The van der Waals surface area contributed by atoms with Crippen LogP contribution in [0.4, 0.5) is 5.69 Å². The number of rotatable bonds is 4. The monoisotopic (exact) mass is 305 g/mol. The molecule has 0 atom stereocenters. The van der Waals surface area contributed by atoms with E-state index in [-0.39, 0.29) is 11.6 Å². The summed E-state index contributed by atoms with van der Waals surface area (Å²) in [5.74, 6) is -3.45. The van der Waals surface area contributed by atoms with Crippen molar-refractivity contribution in [2.45, 2.75) is 18.9 Å². The molecule has 4 N–H and O–H groups in total. The lowest BCUT2D eigenvalue weighted by Crippen LogP contribution is -2.27. The lowest BCUT2D eigenvalue weighted by atomic mass is 10.1. The molecule has 1 saturated carbocycles. The molecule has 9 heteroatoms. The zero-order valence-corrected chi connectivity index (χ0v) is 11.1. The van der Waals surface area contributed by atoms with E-state index < -0.39 is 39.3 Å². The van der Waals surface area contributed by atoms with Gasteiger partial charge in [0, 0.05) is 17.7 Å². The number of aliphatic hydroxyl groups excluding tert-OH is 1. The molecule has 1 aromatic rings. The maximum absolute atomic E-state index is 11.8. The molecule has 0 saturated heterocycles. The van der Waals surface area contributed by atoms with E-state index in [1.54, 1.807) is 0 Å². The molecule has 1 fully saturated rings. The summed E-state index contributed by atoms with van der Waals surface area (Å²) < 4.78 is 0. The summed E-state index contributed by atoms with van der Waals surface area (Å²) in [6.45, 7) is 0. The zero-order valence-electron chi connectivity index (χ0n) is 11.1. The number of benzene rings is 1. The van der Waals surface area contributed by atoms with Crippen LogP contribution in [-0.4, -0.2) is 32.2 Å². The van der Waals surface area contributed by atoms with E-state index in [1.807, 2.05) is 0 Å². The number of aromatic hydroxyl groups is 2. The van der Waals surface area contributed by atoms with Crippen molar-refractivity contribution in [3.05, 3.63) is 33.4 Å². The van der Waals surface area contributed by atoms with E-state index in [1.165, 1.54) is 6.07 Å². The van der Waals surface area contributed by atoms with E-state index in [9.17, 15) is 30.2 Å². The van der Waals surface area contributed by atoms with E-state index >= 15 is 0 Å². The number of hydrogen-bond donors (Lipinski definition) is 4. The van der Waals surface area contributed by atoms with Crippen LogP contribution in [0.15, 0.2) is 17.7 Å². The van der Waals surface area contributed by atoms with Crippen molar-refractivity contribution in [2.24, 2.45) is 0 Å². The summed E-state index contributed by atoms with van der Waals surface area (Å²) in [7, 11) is 0. The van der Waals surface area contributed by atoms with Crippen molar-refractivity contribution in [2.75, 3.05) is 0 Å². The molecule has 9 nitrogen and oxygen atoms in total. The Hall–Kier alpha value is -3.28. The summed E-state index contributed by atoms with van der Waals surface area (Å²) in [5.41, 5.74) is -1.82. The fraction of sp³-hybridized carbons (Fsp3) is 0.231. The van der Waals surface area contributed by atoms with E-state index in [2.05, 4.69) is 5.32 Å². The molecule has 1 aromatic carbocycles. The van der Waals surface area contributed by atoms with Gasteiger partial charge in [0.1, 0.15) is 11.8 Å². The number of carbonyl (C=O) groups excluding carboxylic acids is 1. The maximum atomic E-state index is 11.8. The number of nitrogens with zero attached hydrogens (tertiary/aromatic N) is 2. The first kappa shape index (κ1) is 15.1. The highest BCUT2D eigenvalue weighted by molar-refractivity contribution is 6.04. The van der Waals surface area contributed by atoms with E-state index in [0.717, 1.165) is 25.0 Å². The zero-order chi connectivity index (χ0) is 16.4. The van der Waals surface area contributed by atoms with Gasteiger partial charge in [-0.25, -0.2) is 0 Å². The molecule has 0 unspecified atom stereocenters. The highest BCUT2D eigenvalue weighted by atomic mass is 16.6. The minimum absolute atomic E-state index is 0.0498. The highest BCUT2D eigenvalue weighted by Gasteiger charge is 2.28. The van der Waals surface area contributed by atoms with E-state index in [0.29, 0.717) is 0 Å². The summed E-state index contributed by atoms with van der Waals surface area (Å²) in [6, 6.07) is 3.04. The standard InChI is InChI=1S/C13H11N3O6/c14-5-8(13(20)15-7-1-2-7)11(18)6-3-9(16(21)22)12(19)10(17)4-6/h3-4,7,17-19H,1-2H2,(H,15,20)/b11-8-. The summed E-state index contributed by atoms with van der Waals surface area (Å²) in [6.07, 6.45) is 1.55. The smallest absolute Gasteiger partial charge is 0.315 e. The first-order chi connectivity index (χ1) is 10.3. The first-order valence-electron chi connectivity index (χ1n) is 6.20. The molecule has 0 heterocycles. The first-order valence-corrected chi connectivity index (χ1v) is 6.20. The number of nitriles is 1. The van der Waals surface area contributed by atoms with Gasteiger partial charge < -0.3 is 20.6 Å². The van der Waals surface area contributed by atoms with Crippen molar-refractivity contribution in [1.29, 1.82) is 5.26 Å². The summed E-state index contributed by atoms with van der Waals surface area (Å²) in [4.78, 5) is 21.6. The average Bonchev–Trinajstić information content (AvgIpc) is 3.25. The predicted octanol–water partition coefficient (Wildman–Crippen LogP) is 1.08. The molecule has 0 radical (unpaired) electrons. The fourth-order valence-electron chi connectivity index (χ4n) is 1.72. The Kier molecular flexibility index (Phi) is 3.85. The van der Waals surface area contributed by atoms with Gasteiger partial charge in [-0.2, -0.15) is 5.26 Å². The lowest BCUT2D eigenvalue weighted by molar-refractivity contribution is -0.386. The second-order valence-electron chi connectivity index (χ2n) is 4.70. The van der Waals surface area contributed by atoms with Crippen molar-refractivity contribution in [1.82, 2.24) is 5.32 Å². The summed E-state index contributed by atoms with van der Waals surface area (Å²) >= 11 is 0. The Balaban J connectivity index is 2.48. The largest absolute Gasteiger partial charge is 0.506 e. The number of carbonyl (C=O) groups is 1.